The van der Waals surface area contributed by atoms with Crippen LogP contribution in [-0.4, -0.2) is 17.6 Å². The molecular weight excluding hydrogens is 196 g/mol. The van der Waals surface area contributed by atoms with Crippen molar-refractivity contribution in [1.82, 2.24) is 4.98 Å². The monoisotopic (exact) mass is 208 g/mol. The molecule has 0 aromatic carbocycles. The number of aromatic nitrogens is 1. The summed E-state index contributed by atoms with van der Waals surface area (Å²) in [7, 11) is 0. The van der Waals surface area contributed by atoms with Crippen molar-refractivity contribution in [3.8, 4) is 0 Å². The lowest BCUT2D eigenvalue weighted by Gasteiger charge is -2.32. The number of rotatable bonds is 1. The zero-order valence-electron chi connectivity index (χ0n) is 8.37. The van der Waals surface area contributed by atoms with Crippen molar-refractivity contribution in [3.63, 3.8) is 0 Å². The van der Waals surface area contributed by atoms with E-state index in [0.29, 0.717) is 6.04 Å². The van der Waals surface area contributed by atoms with Gasteiger partial charge in [0.2, 0.25) is 0 Å². The highest BCUT2D eigenvalue weighted by atomic mass is 35.5. The quantitative estimate of drug-likeness (QED) is 0.706. The van der Waals surface area contributed by atoms with Gasteiger partial charge in [0.1, 0.15) is 0 Å². The molecule has 0 spiro atoms. The van der Waals surface area contributed by atoms with Gasteiger partial charge < -0.3 is 4.90 Å². The largest absolute Gasteiger partial charge is 0.362 e. The summed E-state index contributed by atoms with van der Waals surface area (Å²) in [6.45, 7) is 5.11. The van der Waals surface area contributed by atoms with Gasteiger partial charge in [-0.1, -0.05) is 11.6 Å². The Hall–Kier alpha value is -1.02. The van der Waals surface area contributed by atoms with Gasteiger partial charge in [0.25, 0.3) is 0 Å². The average molecular weight is 209 g/mol. The van der Waals surface area contributed by atoms with E-state index in [1.165, 1.54) is 5.69 Å². The zero-order chi connectivity index (χ0) is 10.1. The number of anilines is 1. The summed E-state index contributed by atoms with van der Waals surface area (Å²) < 4.78 is 0. The first-order valence-electron chi connectivity index (χ1n) is 4.75. The van der Waals surface area contributed by atoms with Crippen LogP contribution in [0.3, 0.4) is 0 Å². The molecule has 3 heteroatoms. The normalized spacial score (nSPS) is 15.4. The molecule has 0 saturated heterocycles. The molecule has 0 fully saturated rings. The van der Waals surface area contributed by atoms with Gasteiger partial charge in [-0.3, -0.25) is 4.98 Å². The molecule has 0 atom stereocenters. The molecule has 1 aromatic heterocycles. The lowest BCUT2D eigenvalue weighted by Crippen LogP contribution is -2.34. The van der Waals surface area contributed by atoms with Crippen LogP contribution >= 0.6 is 11.6 Å². The third-order valence-corrected chi connectivity index (χ3v) is 2.63. The van der Waals surface area contributed by atoms with Crippen LogP contribution in [0.25, 0.3) is 6.08 Å². The van der Waals surface area contributed by atoms with Crippen LogP contribution in [0, 0.1) is 0 Å². The van der Waals surface area contributed by atoms with E-state index in [2.05, 4.69) is 23.7 Å². The Labute approximate surface area is 89.2 Å². The molecule has 1 aromatic rings. The number of hydrogen-bond donors (Lipinski definition) is 0. The number of fused-ring (bicyclic) bond motifs is 1. The molecule has 2 nitrogen and oxygen atoms in total. The number of halogens is 1. The van der Waals surface area contributed by atoms with E-state index in [0.717, 1.165) is 17.1 Å². The van der Waals surface area contributed by atoms with Crippen molar-refractivity contribution in [1.29, 1.82) is 0 Å². The molecule has 0 saturated carbocycles. The predicted molar refractivity (Wildman–Crippen MR) is 60.5 cm³/mol. The third kappa shape index (κ3) is 1.62. The summed E-state index contributed by atoms with van der Waals surface area (Å²) in [5.41, 5.74) is 2.33. The Balaban J connectivity index is 2.48. The smallest absolute Gasteiger partial charge is 0.0632 e. The topological polar surface area (TPSA) is 16.1 Å². The van der Waals surface area contributed by atoms with Gasteiger partial charge in [-0.15, -0.1) is 0 Å². The molecule has 0 unspecified atom stereocenters. The van der Waals surface area contributed by atoms with Gasteiger partial charge in [-0.25, -0.2) is 0 Å². The minimum Gasteiger partial charge on any atom is -0.362 e. The molecule has 0 aliphatic carbocycles. The van der Waals surface area contributed by atoms with Gasteiger partial charge in [0.15, 0.2) is 0 Å². The average Bonchev–Trinajstić information content (AvgIpc) is 2.16. The molecule has 74 valence electrons. The molecule has 0 bridgehead atoms. The number of hydrogen-bond acceptors (Lipinski definition) is 2. The lowest BCUT2D eigenvalue weighted by atomic mass is 10.1. The molecule has 1 aliphatic rings. The fraction of sp³-hybridized carbons (Fsp3) is 0.364. The van der Waals surface area contributed by atoms with Gasteiger partial charge >= 0.3 is 0 Å². The molecule has 0 radical (unpaired) electrons. The van der Waals surface area contributed by atoms with E-state index in [1.807, 2.05) is 18.3 Å². The maximum absolute atomic E-state index is 6.08. The van der Waals surface area contributed by atoms with E-state index < -0.39 is 0 Å². The van der Waals surface area contributed by atoms with Gasteiger partial charge in [0, 0.05) is 22.8 Å². The summed E-state index contributed by atoms with van der Waals surface area (Å²) in [5, 5.41) is 0.886. The van der Waals surface area contributed by atoms with Crippen LogP contribution in [-0.2, 0) is 0 Å². The minimum absolute atomic E-state index is 0.445. The van der Waals surface area contributed by atoms with E-state index in [1.54, 1.807) is 6.20 Å². The van der Waals surface area contributed by atoms with Crippen LogP contribution in [0.15, 0.2) is 23.5 Å². The Kier molecular flexibility index (Phi) is 2.46. The SMILES string of the molecule is CC(C)N1CC(Cl)=Cc2ccncc21. The lowest BCUT2D eigenvalue weighted by molar-refractivity contribution is 0.714. The summed E-state index contributed by atoms with van der Waals surface area (Å²) in [6, 6.07) is 2.44. The van der Waals surface area contributed by atoms with Crippen molar-refractivity contribution in [2.45, 2.75) is 19.9 Å². The predicted octanol–water partition coefficient (Wildman–Crippen LogP) is 2.89. The van der Waals surface area contributed by atoms with E-state index in [-0.39, 0.29) is 0 Å². The van der Waals surface area contributed by atoms with Crippen molar-refractivity contribution < 1.29 is 0 Å². The fourth-order valence-electron chi connectivity index (χ4n) is 1.68. The Morgan fingerprint density at radius 3 is 3.00 bits per heavy atom. The maximum Gasteiger partial charge on any atom is 0.0632 e. The van der Waals surface area contributed by atoms with Crippen LogP contribution in [0.2, 0.25) is 0 Å². The first kappa shape index (κ1) is 9.53. The van der Waals surface area contributed by atoms with Gasteiger partial charge in [0.05, 0.1) is 18.4 Å². The molecule has 14 heavy (non-hydrogen) atoms. The number of pyridine rings is 1. The Morgan fingerprint density at radius 1 is 1.50 bits per heavy atom. The van der Waals surface area contributed by atoms with Crippen LogP contribution in [0.1, 0.15) is 19.4 Å². The first-order valence-corrected chi connectivity index (χ1v) is 5.13. The van der Waals surface area contributed by atoms with Crippen LogP contribution in [0.4, 0.5) is 5.69 Å². The van der Waals surface area contributed by atoms with Crippen LogP contribution in [0.5, 0.6) is 0 Å². The van der Waals surface area contributed by atoms with Crippen molar-refractivity contribution in [2.75, 3.05) is 11.4 Å². The third-order valence-electron chi connectivity index (χ3n) is 2.40. The fourth-order valence-corrected chi connectivity index (χ4v) is 1.93. The van der Waals surface area contributed by atoms with E-state index in [9.17, 15) is 0 Å². The number of nitrogens with zero attached hydrogens (tertiary/aromatic N) is 2. The Morgan fingerprint density at radius 2 is 2.29 bits per heavy atom. The second-order valence-corrected chi connectivity index (χ2v) is 4.23. The molecule has 0 amide bonds. The summed E-state index contributed by atoms with van der Waals surface area (Å²) in [5.74, 6) is 0. The van der Waals surface area contributed by atoms with Gasteiger partial charge in [-0.2, -0.15) is 0 Å². The summed E-state index contributed by atoms with van der Waals surface area (Å²) in [4.78, 5) is 6.40. The van der Waals surface area contributed by atoms with E-state index in [4.69, 9.17) is 11.6 Å². The minimum atomic E-state index is 0.445. The van der Waals surface area contributed by atoms with Crippen molar-refractivity contribution >= 4 is 23.4 Å². The standard InChI is InChI=1S/C11H13ClN2/c1-8(2)14-7-10(12)5-9-3-4-13-6-11(9)14/h3-6,8H,7H2,1-2H3. The summed E-state index contributed by atoms with van der Waals surface area (Å²) >= 11 is 6.08. The zero-order valence-corrected chi connectivity index (χ0v) is 9.12. The first-order chi connectivity index (χ1) is 6.68. The molecule has 0 N–H and O–H groups in total. The van der Waals surface area contributed by atoms with Crippen LogP contribution < -0.4 is 4.90 Å². The van der Waals surface area contributed by atoms with Gasteiger partial charge in [-0.05, 0) is 26.0 Å². The molecule has 2 heterocycles. The maximum atomic E-state index is 6.08. The van der Waals surface area contributed by atoms with E-state index >= 15 is 0 Å². The summed E-state index contributed by atoms with van der Waals surface area (Å²) in [6.07, 6.45) is 5.70. The highest BCUT2D eigenvalue weighted by Crippen LogP contribution is 2.30. The van der Waals surface area contributed by atoms with Crippen molar-refractivity contribution in [3.05, 3.63) is 29.1 Å². The molecular formula is C11H13ClN2. The van der Waals surface area contributed by atoms with Crippen molar-refractivity contribution in [2.24, 2.45) is 0 Å². The second-order valence-electron chi connectivity index (χ2n) is 3.75. The highest BCUT2D eigenvalue weighted by Gasteiger charge is 2.18. The highest BCUT2D eigenvalue weighted by molar-refractivity contribution is 6.32. The Bertz CT molecular complexity index is 371. The second kappa shape index (κ2) is 3.62. The molecule has 2 rings (SSSR count). The molecule has 1 aliphatic heterocycles.